The zero-order chi connectivity index (χ0) is 14.8. The standard InChI is InChI=1S/C12H14BrF3N2O/c1-7(11(19)18(2)3)17-10-6-8(12(14,15)16)4-5-9(10)13/h4-7,17H,1-3H3. The van der Waals surface area contributed by atoms with Crippen molar-refractivity contribution in [3.8, 4) is 0 Å². The third-order valence-electron chi connectivity index (χ3n) is 2.48. The fraction of sp³-hybridized carbons (Fsp3) is 0.417. The number of alkyl halides is 3. The molecule has 1 aromatic rings. The van der Waals surface area contributed by atoms with E-state index in [0.717, 1.165) is 12.1 Å². The highest BCUT2D eigenvalue weighted by Crippen LogP contribution is 2.34. The van der Waals surface area contributed by atoms with Crippen LogP contribution in [-0.2, 0) is 11.0 Å². The van der Waals surface area contributed by atoms with Gasteiger partial charge in [-0.1, -0.05) is 0 Å². The zero-order valence-corrected chi connectivity index (χ0v) is 12.3. The molecule has 0 bridgehead atoms. The lowest BCUT2D eigenvalue weighted by atomic mass is 10.1. The quantitative estimate of drug-likeness (QED) is 0.916. The van der Waals surface area contributed by atoms with Gasteiger partial charge in [0.2, 0.25) is 5.91 Å². The maximum Gasteiger partial charge on any atom is 0.416 e. The van der Waals surface area contributed by atoms with Crippen molar-refractivity contribution in [3.63, 3.8) is 0 Å². The van der Waals surface area contributed by atoms with Crippen molar-refractivity contribution in [2.75, 3.05) is 19.4 Å². The number of carbonyl (C=O) groups is 1. The number of amides is 1. The number of hydrogen-bond donors (Lipinski definition) is 1. The van der Waals surface area contributed by atoms with Crippen LogP contribution in [0.5, 0.6) is 0 Å². The summed E-state index contributed by atoms with van der Waals surface area (Å²) in [6.45, 7) is 1.59. The molecule has 0 spiro atoms. The van der Waals surface area contributed by atoms with E-state index in [1.54, 1.807) is 21.0 Å². The Morgan fingerprint density at radius 2 is 1.95 bits per heavy atom. The predicted molar refractivity (Wildman–Crippen MR) is 70.9 cm³/mol. The Morgan fingerprint density at radius 3 is 2.42 bits per heavy atom. The molecule has 0 saturated carbocycles. The molecule has 1 aromatic carbocycles. The zero-order valence-electron chi connectivity index (χ0n) is 10.7. The first-order valence-electron chi connectivity index (χ1n) is 5.47. The Kier molecular flexibility index (Phi) is 4.84. The normalized spacial score (nSPS) is 13.0. The van der Waals surface area contributed by atoms with Crippen LogP contribution < -0.4 is 5.32 Å². The summed E-state index contributed by atoms with van der Waals surface area (Å²) in [6, 6.07) is 2.64. The second kappa shape index (κ2) is 5.81. The van der Waals surface area contributed by atoms with Gasteiger partial charge in [-0.05, 0) is 41.1 Å². The summed E-state index contributed by atoms with van der Waals surface area (Å²) in [4.78, 5) is 13.0. The molecule has 0 aliphatic heterocycles. The fourth-order valence-electron chi connectivity index (χ4n) is 1.49. The van der Waals surface area contributed by atoms with Crippen molar-refractivity contribution < 1.29 is 18.0 Å². The number of hydrogen-bond acceptors (Lipinski definition) is 2. The molecule has 1 unspecified atom stereocenters. The number of halogens is 4. The van der Waals surface area contributed by atoms with E-state index in [9.17, 15) is 18.0 Å². The number of rotatable bonds is 3. The summed E-state index contributed by atoms with van der Waals surface area (Å²) in [7, 11) is 3.17. The van der Waals surface area contributed by atoms with Crippen LogP contribution in [0, 0.1) is 0 Å². The van der Waals surface area contributed by atoms with E-state index >= 15 is 0 Å². The van der Waals surface area contributed by atoms with Crippen molar-refractivity contribution in [1.82, 2.24) is 4.90 Å². The average Bonchev–Trinajstić information content (AvgIpc) is 2.29. The number of likely N-dealkylation sites (N-methyl/N-ethyl adjacent to an activating group) is 1. The summed E-state index contributed by atoms with van der Waals surface area (Å²) in [5.74, 6) is -0.218. The van der Waals surface area contributed by atoms with Gasteiger partial charge in [0.15, 0.2) is 0 Å². The lowest BCUT2D eigenvalue weighted by Gasteiger charge is -2.20. The van der Waals surface area contributed by atoms with Gasteiger partial charge in [0.05, 0.1) is 5.56 Å². The molecule has 1 rings (SSSR count). The minimum Gasteiger partial charge on any atom is -0.373 e. The second-order valence-electron chi connectivity index (χ2n) is 4.29. The van der Waals surface area contributed by atoms with Crippen LogP contribution in [0.25, 0.3) is 0 Å². The smallest absolute Gasteiger partial charge is 0.373 e. The van der Waals surface area contributed by atoms with Crippen LogP contribution in [0.15, 0.2) is 22.7 Å². The largest absolute Gasteiger partial charge is 0.416 e. The van der Waals surface area contributed by atoms with E-state index in [4.69, 9.17) is 0 Å². The molecule has 1 amide bonds. The predicted octanol–water partition coefficient (Wildman–Crippen LogP) is 3.36. The summed E-state index contributed by atoms with van der Waals surface area (Å²) in [5.41, 5.74) is -0.528. The molecule has 19 heavy (non-hydrogen) atoms. The SMILES string of the molecule is CC(Nc1cc(C(F)(F)F)ccc1Br)C(=O)N(C)C. The topological polar surface area (TPSA) is 32.3 Å². The number of nitrogens with zero attached hydrogens (tertiary/aromatic N) is 1. The van der Waals surface area contributed by atoms with Crippen LogP contribution >= 0.6 is 15.9 Å². The van der Waals surface area contributed by atoms with Gasteiger partial charge in [0.25, 0.3) is 0 Å². The van der Waals surface area contributed by atoms with Crippen LogP contribution in [0.1, 0.15) is 12.5 Å². The summed E-state index contributed by atoms with van der Waals surface area (Å²) < 4.78 is 38.3. The molecule has 7 heteroatoms. The maximum atomic E-state index is 12.6. The van der Waals surface area contributed by atoms with Crippen molar-refractivity contribution in [1.29, 1.82) is 0 Å². The van der Waals surface area contributed by atoms with E-state index < -0.39 is 17.8 Å². The van der Waals surface area contributed by atoms with Gasteiger partial charge in [0, 0.05) is 24.3 Å². The van der Waals surface area contributed by atoms with Gasteiger partial charge in [-0.2, -0.15) is 13.2 Å². The summed E-state index contributed by atoms with van der Waals surface area (Å²) in [6.07, 6.45) is -4.41. The van der Waals surface area contributed by atoms with E-state index in [-0.39, 0.29) is 11.6 Å². The fourth-order valence-corrected chi connectivity index (χ4v) is 1.86. The van der Waals surface area contributed by atoms with Crippen molar-refractivity contribution in [2.24, 2.45) is 0 Å². The van der Waals surface area contributed by atoms with Gasteiger partial charge >= 0.3 is 6.18 Å². The minimum atomic E-state index is -4.41. The first kappa shape index (κ1) is 15.8. The van der Waals surface area contributed by atoms with Crippen molar-refractivity contribution in [3.05, 3.63) is 28.2 Å². The van der Waals surface area contributed by atoms with E-state index in [2.05, 4.69) is 21.2 Å². The molecule has 3 nitrogen and oxygen atoms in total. The third kappa shape index (κ3) is 4.12. The highest BCUT2D eigenvalue weighted by Gasteiger charge is 2.31. The highest BCUT2D eigenvalue weighted by atomic mass is 79.9. The Hall–Kier alpha value is -1.24. The van der Waals surface area contributed by atoms with Gasteiger partial charge in [0.1, 0.15) is 6.04 Å². The monoisotopic (exact) mass is 338 g/mol. The summed E-state index contributed by atoms with van der Waals surface area (Å²) in [5, 5.41) is 2.77. The molecule has 0 aromatic heterocycles. The Bertz CT molecular complexity index is 475. The Labute approximate surface area is 117 Å². The first-order chi connectivity index (χ1) is 8.62. The van der Waals surface area contributed by atoms with E-state index in [1.807, 2.05) is 0 Å². The van der Waals surface area contributed by atoms with Crippen molar-refractivity contribution in [2.45, 2.75) is 19.1 Å². The average molecular weight is 339 g/mol. The second-order valence-corrected chi connectivity index (χ2v) is 5.15. The molecule has 106 valence electrons. The van der Waals surface area contributed by atoms with Crippen LogP contribution in [0.3, 0.4) is 0 Å². The number of carbonyl (C=O) groups excluding carboxylic acids is 1. The number of benzene rings is 1. The summed E-state index contributed by atoms with van der Waals surface area (Å²) >= 11 is 3.16. The molecule has 0 radical (unpaired) electrons. The highest BCUT2D eigenvalue weighted by molar-refractivity contribution is 9.10. The lowest BCUT2D eigenvalue weighted by molar-refractivity contribution is -0.137. The van der Waals surface area contributed by atoms with Crippen LogP contribution in [0.4, 0.5) is 18.9 Å². The molecule has 0 heterocycles. The Balaban J connectivity index is 2.98. The first-order valence-corrected chi connectivity index (χ1v) is 6.26. The lowest BCUT2D eigenvalue weighted by Crippen LogP contribution is -2.36. The van der Waals surface area contributed by atoms with Crippen LogP contribution in [-0.4, -0.2) is 30.9 Å². The van der Waals surface area contributed by atoms with Crippen molar-refractivity contribution >= 4 is 27.5 Å². The molecule has 1 atom stereocenters. The molecular formula is C12H14BrF3N2O. The molecule has 0 aliphatic carbocycles. The number of nitrogens with one attached hydrogen (secondary N) is 1. The van der Waals surface area contributed by atoms with E-state index in [0.29, 0.717) is 4.47 Å². The minimum absolute atomic E-state index is 0.218. The molecule has 0 aliphatic rings. The third-order valence-corrected chi connectivity index (χ3v) is 3.17. The molecule has 0 saturated heterocycles. The molecular weight excluding hydrogens is 325 g/mol. The van der Waals surface area contributed by atoms with Gasteiger partial charge < -0.3 is 10.2 Å². The number of anilines is 1. The van der Waals surface area contributed by atoms with Gasteiger partial charge in [-0.3, -0.25) is 4.79 Å². The molecule has 0 fully saturated rings. The van der Waals surface area contributed by atoms with Gasteiger partial charge in [-0.15, -0.1) is 0 Å². The molecule has 1 N–H and O–H groups in total. The van der Waals surface area contributed by atoms with E-state index in [1.165, 1.54) is 11.0 Å². The van der Waals surface area contributed by atoms with Gasteiger partial charge in [-0.25, -0.2) is 0 Å². The Morgan fingerprint density at radius 1 is 1.37 bits per heavy atom. The van der Waals surface area contributed by atoms with Crippen LogP contribution in [0.2, 0.25) is 0 Å². The maximum absolute atomic E-state index is 12.6.